The van der Waals surface area contributed by atoms with Crippen molar-refractivity contribution in [1.82, 2.24) is 14.9 Å². The predicted octanol–water partition coefficient (Wildman–Crippen LogP) is 1.79. The van der Waals surface area contributed by atoms with Crippen LogP contribution >= 0.6 is 0 Å². The summed E-state index contributed by atoms with van der Waals surface area (Å²) in [4.78, 5) is 4.31. The van der Waals surface area contributed by atoms with Crippen LogP contribution < -0.4 is 5.32 Å². The Balaban J connectivity index is 2.39. The van der Waals surface area contributed by atoms with Gasteiger partial charge in [-0.1, -0.05) is 20.8 Å². The molecule has 1 heterocycles. The van der Waals surface area contributed by atoms with E-state index in [4.69, 9.17) is 0 Å². The molecule has 0 radical (unpaired) electrons. The topological polar surface area (TPSA) is 29.9 Å². The van der Waals surface area contributed by atoms with Gasteiger partial charge in [0.1, 0.15) is 0 Å². The van der Waals surface area contributed by atoms with Gasteiger partial charge >= 0.3 is 0 Å². The Morgan fingerprint density at radius 3 is 2.92 bits per heavy atom. The van der Waals surface area contributed by atoms with Gasteiger partial charge in [0.05, 0.1) is 12.0 Å². The highest BCUT2D eigenvalue weighted by Crippen LogP contribution is 1.97. The molecule has 1 aromatic rings. The molecule has 0 amide bonds. The molecule has 0 atom stereocenters. The molecule has 0 aliphatic rings. The molecule has 1 rings (SSSR count). The molecule has 3 heteroatoms. The first kappa shape index (κ1) is 10.3. The molecular weight excluding hydrogens is 162 g/mol. The lowest BCUT2D eigenvalue weighted by Crippen LogP contribution is -2.21. The average Bonchev–Trinajstić information content (AvgIpc) is 2.50. The Morgan fingerprint density at radius 2 is 2.31 bits per heavy atom. The van der Waals surface area contributed by atoms with Gasteiger partial charge < -0.3 is 9.88 Å². The molecule has 0 unspecified atom stereocenters. The number of aromatic nitrogens is 2. The minimum absolute atomic E-state index is 0.524. The van der Waals surface area contributed by atoms with E-state index in [9.17, 15) is 0 Å². The van der Waals surface area contributed by atoms with Crippen molar-refractivity contribution in [3.8, 4) is 0 Å². The standard InChI is InChI=1S/C10H19N3/c1-4-5-13-7-10(12-8-13)6-11-9(2)3/h7-9,11H,4-6H2,1-3H3. The summed E-state index contributed by atoms with van der Waals surface area (Å²) in [5, 5.41) is 3.34. The molecule has 3 nitrogen and oxygen atoms in total. The zero-order chi connectivity index (χ0) is 9.68. The summed E-state index contributed by atoms with van der Waals surface area (Å²) in [5.74, 6) is 0. The van der Waals surface area contributed by atoms with E-state index in [1.807, 2.05) is 6.33 Å². The minimum atomic E-state index is 0.524. The quantitative estimate of drug-likeness (QED) is 0.750. The van der Waals surface area contributed by atoms with Gasteiger partial charge in [0, 0.05) is 25.3 Å². The van der Waals surface area contributed by atoms with Crippen molar-refractivity contribution in [3.05, 3.63) is 18.2 Å². The van der Waals surface area contributed by atoms with Crippen molar-refractivity contribution in [1.29, 1.82) is 0 Å². The van der Waals surface area contributed by atoms with E-state index in [0.29, 0.717) is 6.04 Å². The first-order chi connectivity index (χ1) is 6.22. The number of imidazole rings is 1. The van der Waals surface area contributed by atoms with Crippen molar-refractivity contribution in [2.45, 2.75) is 46.3 Å². The van der Waals surface area contributed by atoms with Crippen LogP contribution in [0.2, 0.25) is 0 Å². The molecule has 74 valence electrons. The molecular formula is C10H19N3. The van der Waals surface area contributed by atoms with Crippen LogP contribution in [0.1, 0.15) is 32.9 Å². The maximum Gasteiger partial charge on any atom is 0.0949 e. The average molecular weight is 181 g/mol. The highest BCUT2D eigenvalue weighted by molar-refractivity contribution is 4.96. The van der Waals surface area contributed by atoms with Crippen molar-refractivity contribution >= 4 is 0 Å². The van der Waals surface area contributed by atoms with Crippen LogP contribution in [0.3, 0.4) is 0 Å². The minimum Gasteiger partial charge on any atom is -0.337 e. The summed E-state index contributed by atoms with van der Waals surface area (Å²) in [6, 6.07) is 0.524. The number of hydrogen-bond donors (Lipinski definition) is 1. The molecule has 0 saturated carbocycles. The van der Waals surface area contributed by atoms with Crippen LogP contribution in [0.4, 0.5) is 0 Å². The largest absolute Gasteiger partial charge is 0.337 e. The van der Waals surface area contributed by atoms with E-state index < -0.39 is 0 Å². The van der Waals surface area contributed by atoms with Crippen molar-refractivity contribution in [2.75, 3.05) is 0 Å². The summed E-state index contributed by atoms with van der Waals surface area (Å²) in [6.45, 7) is 8.39. The third kappa shape index (κ3) is 3.59. The van der Waals surface area contributed by atoms with Gasteiger partial charge in [0.2, 0.25) is 0 Å². The maximum atomic E-state index is 4.31. The lowest BCUT2D eigenvalue weighted by Gasteiger charge is -2.04. The lowest BCUT2D eigenvalue weighted by molar-refractivity contribution is 0.582. The summed E-state index contributed by atoms with van der Waals surface area (Å²) in [5.41, 5.74) is 1.13. The molecule has 0 saturated heterocycles. The Hall–Kier alpha value is -0.830. The summed E-state index contributed by atoms with van der Waals surface area (Å²) >= 11 is 0. The first-order valence-corrected chi connectivity index (χ1v) is 4.96. The summed E-state index contributed by atoms with van der Waals surface area (Å²) in [6.07, 6.45) is 5.17. The fraction of sp³-hybridized carbons (Fsp3) is 0.700. The number of nitrogens with one attached hydrogen (secondary N) is 1. The van der Waals surface area contributed by atoms with Crippen LogP contribution in [-0.2, 0) is 13.1 Å². The Morgan fingerprint density at radius 1 is 1.54 bits per heavy atom. The fourth-order valence-electron chi connectivity index (χ4n) is 1.19. The third-order valence-electron chi connectivity index (χ3n) is 1.86. The Kier molecular flexibility index (Phi) is 3.96. The van der Waals surface area contributed by atoms with Crippen LogP contribution in [0.25, 0.3) is 0 Å². The van der Waals surface area contributed by atoms with E-state index in [0.717, 1.165) is 25.2 Å². The first-order valence-electron chi connectivity index (χ1n) is 4.96. The molecule has 0 aromatic carbocycles. The Bertz CT molecular complexity index is 240. The van der Waals surface area contributed by atoms with E-state index >= 15 is 0 Å². The van der Waals surface area contributed by atoms with Gasteiger partial charge in [-0.3, -0.25) is 0 Å². The predicted molar refractivity (Wildman–Crippen MR) is 54.5 cm³/mol. The van der Waals surface area contributed by atoms with E-state index in [1.165, 1.54) is 0 Å². The van der Waals surface area contributed by atoms with E-state index in [-0.39, 0.29) is 0 Å². The molecule has 0 spiro atoms. The van der Waals surface area contributed by atoms with Gasteiger partial charge in [-0.2, -0.15) is 0 Å². The van der Waals surface area contributed by atoms with Gasteiger partial charge in [0.25, 0.3) is 0 Å². The molecule has 0 fully saturated rings. The third-order valence-corrected chi connectivity index (χ3v) is 1.86. The van der Waals surface area contributed by atoms with Gasteiger partial charge in [-0.15, -0.1) is 0 Å². The Labute approximate surface area is 80.2 Å². The lowest BCUT2D eigenvalue weighted by atomic mass is 10.3. The number of nitrogens with zero attached hydrogens (tertiary/aromatic N) is 2. The highest BCUT2D eigenvalue weighted by Gasteiger charge is 1.98. The molecule has 1 N–H and O–H groups in total. The maximum absolute atomic E-state index is 4.31. The normalized spacial score (nSPS) is 11.1. The van der Waals surface area contributed by atoms with Crippen molar-refractivity contribution in [3.63, 3.8) is 0 Å². The number of rotatable bonds is 5. The second-order valence-corrected chi connectivity index (χ2v) is 3.64. The number of aryl methyl sites for hydroxylation is 1. The second-order valence-electron chi connectivity index (χ2n) is 3.64. The molecule has 1 aromatic heterocycles. The smallest absolute Gasteiger partial charge is 0.0949 e. The monoisotopic (exact) mass is 181 g/mol. The zero-order valence-electron chi connectivity index (χ0n) is 8.75. The molecule has 0 aliphatic carbocycles. The highest BCUT2D eigenvalue weighted by atomic mass is 15.0. The SMILES string of the molecule is CCCn1cnc(CNC(C)C)c1. The van der Waals surface area contributed by atoms with Gasteiger partial charge in [0.15, 0.2) is 0 Å². The molecule has 13 heavy (non-hydrogen) atoms. The fourth-order valence-corrected chi connectivity index (χ4v) is 1.19. The second kappa shape index (κ2) is 5.02. The van der Waals surface area contributed by atoms with Crippen LogP contribution in [0.5, 0.6) is 0 Å². The van der Waals surface area contributed by atoms with Crippen molar-refractivity contribution in [2.24, 2.45) is 0 Å². The number of hydrogen-bond acceptors (Lipinski definition) is 2. The zero-order valence-corrected chi connectivity index (χ0v) is 8.75. The van der Waals surface area contributed by atoms with Crippen LogP contribution in [-0.4, -0.2) is 15.6 Å². The van der Waals surface area contributed by atoms with Crippen LogP contribution in [0, 0.1) is 0 Å². The van der Waals surface area contributed by atoms with Crippen molar-refractivity contribution < 1.29 is 0 Å². The van der Waals surface area contributed by atoms with E-state index in [1.54, 1.807) is 0 Å². The van der Waals surface area contributed by atoms with E-state index in [2.05, 4.69) is 41.8 Å². The summed E-state index contributed by atoms with van der Waals surface area (Å²) in [7, 11) is 0. The summed E-state index contributed by atoms with van der Waals surface area (Å²) < 4.78 is 2.14. The molecule has 0 aliphatic heterocycles. The van der Waals surface area contributed by atoms with Gasteiger partial charge in [-0.05, 0) is 6.42 Å². The molecule has 0 bridgehead atoms. The van der Waals surface area contributed by atoms with Gasteiger partial charge in [-0.25, -0.2) is 4.98 Å². The van der Waals surface area contributed by atoms with Crippen LogP contribution in [0.15, 0.2) is 12.5 Å².